The molecule has 0 spiro atoms. The number of rotatable bonds is 5. The van der Waals surface area contributed by atoms with Crippen molar-refractivity contribution in [3.63, 3.8) is 0 Å². The Hall–Kier alpha value is -2.73. The Morgan fingerprint density at radius 3 is 2.33 bits per heavy atom. The average Bonchev–Trinajstić information content (AvgIpc) is 3.49. The van der Waals surface area contributed by atoms with Crippen molar-refractivity contribution in [2.24, 2.45) is 5.92 Å². The number of halogens is 3. The van der Waals surface area contributed by atoms with Crippen LogP contribution < -0.4 is 10.2 Å². The van der Waals surface area contributed by atoms with Crippen LogP contribution in [0.3, 0.4) is 0 Å². The Morgan fingerprint density at radius 2 is 1.71 bits per heavy atom. The fourth-order valence-corrected chi connectivity index (χ4v) is 7.25. The number of hydrogen-bond acceptors (Lipinski definition) is 7. The second-order valence-electron chi connectivity index (χ2n) is 12.4. The van der Waals surface area contributed by atoms with E-state index in [0.717, 1.165) is 49.9 Å². The highest BCUT2D eigenvalue weighted by Crippen LogP contribution is 2.36. The first kappa shape index (κ1) is 30.7. The molecule has 1 aromatic heterocycles. The first-order valence-electron chi connectivity index (χ1n) is 14.7. The maximum absolute atomic E-state index is 13.6. The van der Waals surface area contributed by atoms with E-state index in [1.807, 2.05) is 21.9 Å². The summed E-state index contributed by atoms with van der Waals surface area (Å²) in [4.78, 5) is 36.2. The molecule has 230 valence electrons. The van der Waals surface area contributed by atoms with Gasteiger partial charge in [-0.1, -0.05) is 18.2 Å². The topological polar surface area (TPSA) is 78.0 Å². The van der Waals surface area contributed by atoms with Gasteiger partial charge in [0.25, 0.3) is 0 Å². The lowest BCUT2D eigenvalue weighted by atomic mass is 9.80. The molecule has 1 aromatic carbocycles. The lowest BCUT2D eigenvalue weighted by Crippen LogP contribution is -2.55. The monoisotopic (exact) mass is 607 g/mol. The maximum Gasteiger partial charge on any atom is 0.433 e. The molecule has 0 radical (unpaired) electrons. The molecule has 42 heavy (non-hydrogen) atoms. The smallest absolute Gasteiger partial charge is 0.433 e. The van der Waals surface area contributed by atoms with Crippen LogP contribution in [0, 0.1) is 5.92 Å². The number of aromatic nitrogens is 1. The van der Waals surface area contributed by atoms with Gasteiger partial charge in [-0.25, -0.2) is 9.78 Å². The molecule has 3 aliphatic rings. The van der Waals surface area contributed by atoms with Gasteiger partial charge in [0.15, 0.2) is 0 Å². The second kappa shape index (κ2) is 12.5. The third-order valence-corrected chi connectivity index (χ3v) is 9.34. The summed E-state index contributed by atoms with van der Waals surface area (Å²) < 4.78 is 46.3. The number of pyridine rings is 1. The zero-order chi connectivity index (χ0) is 30.1. The van der Waals surface area contributed by atoms with Crippen molar-refractivity contribution in [3.8, 4) is 0 Å². The van der Waals surface area contributed by atoms with Crippen molar-refractivity contribution in [1.29, 1.82) is 0 Å². The minimum absolute atomic E-state index is 0.0251. The number of carbonyl (C=O) groups excluding carboxylic acids is 2. The molecule has 2 aromatic rings. The van der Waals surface area contributed by atoms with E-state index >= 15 is 0 Å². The number of anilines is 1. The summed E-state index contributed by atoms with van der Waals surface area (Å²) in [5.74, 6) is 1.53. The van der Waals surface area contributed by atoms with Crippen molar-refractivity contribution >= 4 is 40.4 Å². The number of amides is 2. The molecule has 1 unspecified atom stereocenters. The first-order valence-corrected chi connectivity index (χ1v) is 15.9. The molecule has 8 nitrogen and oxygen atoms in total. The minimum Gasteiger partial charge on any atom is -0.444 e. The van der Waals surface area contributed by atoms with Gasteiger partial charge in [-0.05, 0) is 64.5 Å². The highest BCUT2D eigenvalue weighted by molar-refractivity contribution is 7.99. The SMILES string of the molecule is CC(C)(C)OC(=O)NC(C(=O)N1CCSC1)C1CCC(N2CCN(c3cc(C(F)(F)F)nc4ccccc34)CC2)CC1. The second-order valence-corrected chi connectivity index (χ2v) is 13.5. The van der Waals surface area contributed by atoms with Crippen LogP contribution in [0.4, 0.5) is 23.7 Å². The summed E-state index contributed by atoms with van der Waals surface area (Å²) in [6.07, 6.45) is -1.66. The van der Waals surface area contributed by atoms with Gasteiger partial charge in [-0.2, -0.15) is 13.2 Å². The number of thioether (sulfide) groups is 1. The summed E-state index contributed by atoms with van der Waals surface area (Å²) in [7, 11) is 0. The van der Waals surface area contributed by atoms with Gasteiger partial charge in [-0.15, -0.1) is 11.8 Å². The lowest BCUT2D eigenvalue weighted by molar-refractivity contribution is -0.141. The highest BCUT2D eigenvalue weighted by Gasteiger charge is 2.39. The molecule has 2 saturated heterocycles. The molecule has 1 saturated carbocycles. The number of benzene rings is 1. The number of hydrogen-bond donors (Lipinski definition) is 1. The van der Waals surface area contributed by atoms with Crippen LogP contribution in [0.15, 0.2) is 30.3 Å². The van der Waals surface area contributed by atoms with E-state index in [9.17, 15) is 22.8 Å². The summed E-state index contributed by atoms with van der Waals surface area (Å²) in [5, 5.41) is 3.63. The summed E-state index contributed by atoms with van der Waals surface area (Å²) >= 11 is 1.71. The Kier molecular flexibility index (Phi) is 9.13. The Balaban J connectivity index is 1.21. The maximum atomic E-state index is 13.6. The number of alkyl carbamates (subject to hydrolysis) is 1. The van der Waals surface area contributed by atoms with Gasteiger partial charge in [0.1, 0.15) is 17.3 Å². The third-order valence-electron chi connectivity index (χ3n) is 8.37. The van der Waals surface area contributed by atoms with Crippen LogP contribution in [-0.4, -0.2) is 88.8 Å². The quantitative estimate of drug-likeness (QED) is 0.491. The highest BCUT2D eigenvalue weighted by atomic mass is 32.2. The van der Waals surface area contributed by atoms with E-state index in [1.165, 1.54) is 6.07 Å². The molecular formula is C30H40F3N5O3S. The zero-order valence-corrected chi connectivity index (χ0v) is 25.3. The summed E-state index contributed by atoms with van der Waals surface area (Å²) in [6.45, 7) is 8.84. The van der Waals surface area contributed by atoms with Crippen LogP contribution in [0.1, 0.15) is 52.1 Å². The predicted octanol–water partition coefficient (Wildman–Crippen LogP) is 5.36. The number of alkyl halides is 3. The number of nitrogens with zero attached hydrogens (tertiary/aromatic N) is 4. The number of nitrogens with one attached hydrogen (secondary N) is 1. The standard InChI is InChI=1S/C30H40F3N5O3S/c1-29(2,3)41-28(40)35-26(27(39)38-16-17-42-19-38)20-8-10-21(11-9-20)36-12-14-37(15-13-36)24-18-25(30(31,32)33)34-23-7-5-4-6-22(23)24/h4-7,18,20-21,26H,8-17,19H2,1-3H3,(H,35,40). The van der Waals surface area contributed by atoms with Crippen molar-refractivity contribution in [1.82, 2.24) is 20.1 Å². The Morgan fingerprint density at radius 1 is 1.02 bits per heavy atom. The van der Waals surface area contributed by atoms with Gasteiger partial charge in [0, 0.05) is 55.6 Å². The van der Waals surface area contributed by atoms with Crippen LogP contribution in [0.5, 0.6) is 0 Å². The Labute approximate surface area is 249 Å². The summed E-state index contributed by atoms with van der Waals surface area (Å²) in [5.41, 5.74) is -0.600. The fraction of sp³-hybridized carbons (Fsp3) is 0.633. The lowest BCUT2D eigenvalue weighted by Gasteiger charge is -2.44. The van der Waals surface area contributed by atoms with Crippen molar-refractivity contribution in [2.45, 2.75) is 70.3 Å². The van der Waals surface area contributed by atoms with Crippen molar-refractivity contribution < 1.29 is 27.5 Å². The van der Waals surface area contributed by atoms with Crippen LogP contribution in [0.2, 0.25) is 0 Å². The first-order chi connectivity index (χ1) is 19.9. The third kappa shape index (κ3) is 7.24. The van der Waals surface area contributed by atoms with E-state index < -0.39 is 29.6 Å². The van der Waals surface area contributed by atoms with E-state index in [1.54, 1.807) is 44.7 Å². The van der Waals surface area contributed by atoms with Gasteiger partial charge in [-0.3, -0.25) is 9.69 Å². The molecule has 1 aliphatic carbocycles. The predicted molar refractivity (Wildman–Crippen MR) is 158 cm³/mol. The molecule has 3 heterocycles. The van der Waals surface area contributed by atoms with Crippen LogP contribution >= 0.6 is 11.8 Å². The van der Waals surface area contributed by atoms with E-state index in [2.05, 4.69) is 15.2 Å². The van der Waals surface area contributed by atoms with E-state index in [-0.39, 0.29) is 11.8 Å². The summed E-state index contributed by atoms with van der Waals surface area (Å²) in [6, 6.07) is 7.89. The molecule has 1 atom stereocenters. The normalized spacial score (nSPS) is 23.2. The largest absolute Gasteiger partial charge is 0.444 e. The van der Waals surface area contributed by atoms with Crippen LogP contribution in [-0.2, 0) is 15.7 Å². The molecule has 12 heteroatoms. The van der Waals surface area contributed by atoms with Crippen molar-refractivity contribution in [2.75, 3.05) is 49.3 Å². The van der Waals surface area contributed by atoms with E-state index in [4.69, 9.17) is 4.74 Å². The van der Waals surface area contributed by atoms with Gasteiger partial charge < -0.3 is 19.9 Å². The van der Waals surface area contributed by atoms with Gasteiger partial charge >= 0.3 is 12.3 Å². The van der Waals surface area contributed by atoms with E-state index in [0.29, 0.717) is 42.8 Å². The Bertz CT molecular complexity index is 1270. The molecule has 2 aliphatic heterocycles. The van der Waals surface area contributed by atoms with Crippen LogP contribution in [0.25, 0.3) is 10.9 Å². The minimum atomic E-state index is -4.51. The number of carbonyl (C=O) groups is 2. The number of ether oxygens (including phenoxy) is 1. The fourth-order valence-electron chi connectivity index (χ4n) is 6.29. The van der Waals surface area contributed by atoms with Crippen molar-refractivity contribution in [3.05, 3.63) is 36.0 Å². The average molecular weight is 608 g/mol. The molecule has 2 amide bonds. The van der Waals surface area contributed by atoms with Gasteiger partial charge in [0.2, 0.25) is 5.91 Å². The molecule has 3 fully saturated rings. The number of fused-ring (bicyclic) bond motifs is 1. The number of piperazine rings is 1. The molecule has 1 N–H and O–H groups in total. The molecule has 0 bridgehead atoms. The number of para-hydroxylation sites is 1. The van der Waals surface area contributed by atoms with Gasteiger partial charge in [0.05, 0.1) is 11.4 Å². The zero-order valence-electron chi connectivity index (χ0n) is 24.5. The molecular weight excluding hydrogens is 567 g/mol. The molecule has 5 rings (SSSR count).